The quantitative estimate of drug-likeness (QED) is 0.926. The predicted octanol–water partition coefficient (Wildman–Crippen LogP) is 2.70. The first-order valence-corrected chi connectivity index (χ1v) is 8.36. The molecule has 0 saturated carbocycles. The molecule has 1 N–H and O–H groups in total. The molecule has 0 radical (unpaired) electrons. The van der Waals surface area contributed by atoms with Crippen LogP contribution in [0.25, 0.3) is 0 Å². The van der Waals surface area contributed by atoms with Gasteiger partial charge in [0.1, 0.15) is 5.82 Å². The van der Waals surface area contributed by atoms with Crippen molar-refractivity contribution in [3.63, 3.8) is 0 Å². The first-order chi connectivity index (χ1) is 11.5. The molecule has 0 saturated heterocycles. The van der Waals surface area contributed by atoms with Crippen LogP contribution in [0.1, 0.15) is 29.8 Å². The predicted molar refractivity (Wildman–Crippen MR) is 90.1 cm³/mol. The lowest BCUT2D eigenvalue weighted by Gasteiger charge is -2.22. The maximum absolute atomic E-state index is 13.2. The summed E-state index contributed by atoms with van der Waals surface area (Å²) in [4.78, 5) is 24.5. The Balaban J connectivity index is 1.87. The molecule has 5 nitrogen and oxygen atoms in total. The monoisotopic (exact) mass is 345 g/mol. The Kier molecular flexibility index (Phi) is 4.71. The highest BCUT2D eigenvalue weighted by Gasteiger charge is 2.33. The van der Waals surface area contributed by atoms with Crippen LogP contribution in [0.5, 0.6) is 0 Å². The van der Waals surface area contributed by atoms with Crippen molar-refractivity contribution >= 4 is 28.9 Å². The molecule has 1 atom stereocenters. The van der Waals surface area contributed by atoms with Gasteiger partial charge in [0.2, 0.25) is 5.91 Å². The molecule has 0 aliphatic carbocycles. The van der Waals surface area contributed by atoms with E-state index in [0.29, 0.717) is 6.42 Å². The van der Waals surface area contributed by atoms with E-state index in [1.54, 1.807) is 23.5 Å². The minimum Gasteiger partial charge on any atom is -0.347 e. The summed E-state index contributed by atoms with van der Waals surface area (Å²) in [5, 5.41) is 10.3. The zero-order valence-corrected chi connectivity index (χ0v) is 13.8. The average molecular weight is 345 g/mol. The highest BCUT2D eigenvalue weighted by Crippen LogP contribution is 2.33. The fourth-order valence-corrected chi connectivity index (χ4v) is 3.28. The molecule has 2 heterocycles. The minimum atomic E-state index is -0.327. The number of benzene rings is 1. The summed E-state index contributed by atoms with van der Waals surface area (Å²) in [5.41, 5.74) is 1.62. The summed E-state index contributed by atoms with van der Waals surface area (Å²) in [5.74, 6) is -0.901. The van der Waals surface area contributed by atoms with E-state index >= 15 is 0 Å². The van der Waals surface area contributed by atoms with Crippen molar-refractivity contribution in [1.29, 1.82) is 0 Å². The second-order valence-corrected chi connectivity index (χ2v) is 6.39. The normalized spacial score (nSPS) is 16.8. The number of amides is 2. The number of rotatable bonds is 4. The SMILES string of the molecule is CC(=O)NCC(=O)N1N=C(c2cccs2)CC1c1ccc(F)cc1. The van der Waals surface area contributed by atoms with Crippen LogP contribution in [-0.2, 0) is 9.59 Å². The van der Waals surface area contributed by atoms with Crippen LogP contribution in [0.3, 0.4) is 0 Å². The van der Waals surface area contributed by atoms with E-state index in [1.165, 1.54) is 24.1 Å². The Morgan fingerprint density at radius 2 is 2.08 bits per heavy atom. The Morgan fingerprint density at radius 3 is 2.71 bits per heavy atom. The highest BCUT2D eigenvalue weighted by molar-refractivity contribution is 7.12. The smallest absolute Gasteiger partial charge is 0.262 e. The van der Waals surface area contributed by atoms with Crippen LogP contribution in [-0.4, -0.2) is 29.1 Å². The molecule has 0 bridgehead atoms. The second-order valence-electron chi connectivity index (χ2n) is 5.44. The third-order valence-electron chi connectivity index (χ3n) is 3.71. The number of hydrazone groups is 1. The molecule has 0 fully saturated rings. The third kappa shape index (κ3) is 3.51. The van der Waals surface area contributed by atoms with Gasteiger partial charge < -0.3 is 5.32 Å². The molecule has 1 aromatic carbocycles. The number of carbonyl (C=O) groups is 2. The molecule has 3 rings (SSSR count). The van der Waals surface area contributed by atoms with Gasteiger partial charge in [0.15, 0.2) is 0 Å². The van der Waals surface area contributed by atoms with Crippen molar-refractivity contribution in [3.8, 4) is 0 Å². The summed E-state index contributed by atoms with van der Waals surface area (Å²) in [7, 11) is 0. The van der Waals surface area contributed by atoms with Gasteiger partial charge in [-0.05, 0) is 29.1 Å². The highest BCUT2D eigenvalue weighted by atomic mass is 32.1. The molecular weight excluding hydrogens is 329 g/mol. The second kappa shape index (κ2) is 6.92. The average Bonchev–Trinajstić information content (AvgIpc) is 3.22. The van der Waals surface area contributed by atoms with Gasteiger partial charge in [-0.2, -0.15) is 5.10 Å². The van der Waals surface area contributed by atoms with Crippen LogP contribution in [0, 0.1) is 5.82 Å². The van der Waals surface area contributed by atoms with Gasteiger partial charge in [-0.25, -0.2) is 9.40 Å². The zero-order chi connectivity index (χ0) is 17.1. The van der Waals surface area contributed by atoms with Crippen LogP contribution < -0.4 is 5.32 Å². The van der Waals surface area contributed by atoms with Gasteiger partial charge in [0.05, 0.1) is 23.2 Å². The lowest BCUT2D eigenvalue weighted by Crippen LogP contribution is -2.37. The Labute approximate surface area is 142 Å². The van der Waals surface area contributed by atoms with E-state index in [2.05, 4.69) is 10.4 Å². The molecular formula is C17H16FN3O2S. The van der Waals surface area contributed by atoms with Gasteiger partial charge in [-0.15, -0.1) is 11.3 Å². The van der Waals surface area contributed by atoms with Crippen molar-refractivity contribution in [2.45, 2.75) is 19.4 Å². The van der Waals surface area contributed by atoms with Gasteiger partial charge in [-0.1, -0.05) is 18.2 Å². The Bertz CT molecular complexity index is 772. The summed E-state index contributed by atoms with van der Waals surface area (Å²) < 4.78 is 13.2. The van der Waals surface area contributed by atoms with E-state index in [1.807, 2.05) is 17.5 Å². The van der Waals surface area contributed by atoms with Crippen molar-refractivity contribution in [1.82, 2.24) is 10.3 Å². The van der Waals surface area contributed by atoms with Crippen molar-refractivity contribution in [2.24, 2.45) is 5.10 Å². The molecule has 124 valence electrons. The summed E-state index contributed by atoms with van der Waals surface area (Å²) in [6, 6.07) is 9.63. The summed E-state index contributed by atoms with van der Waals surface area (Å²) >= 11 is 1.55. The van der Waals surface area contributed by atoms with Crippen LogP contribution >= 0.6 is 11.3 Å². The Hall–Kier alpha value is -2.54. The molecule has 2 amide bonds. The summed E-state index contributed by atoms with van der Waals surface area (Å²) in [6.07, 6.45) is 0.554. The summed E-state index contributed by atoms with van der Waals surface area (Å²) in [6.45, 7) is 1.24. The fraction of sp³-hybridized carbons (Fsp3) is 0.235. The molecule has 1 unspecified atom stereocenters. The minimum absolute atomic E-state index is 0.117. The number of hydrogen-bond donors (Lipinski definition) is 1. The van der Waals surface area contributed by atoms with Gasteiger partial charge in [0.25, 0.3) is 5.91 Å². The first kappa shape index (κ1) is 16.3. The number of carbonyl (C=O) groups excluding carboxylic acids is 2. The molecule has 1 aliphatic rings. The van der Waals surface area contributed by atoms with Crippen LogP contribution in [0.4, 0.5) is 4.39 Å². The van der Waals surface area contributed by atoms with Gasteiger partial charge >= 0.3 is 0 Å². The molecule has 1 aliphatic heterocycles. The molecule has 0 spiro atoms. The molecule has 24 heavy (non-hydrogen) atoms. The maximum atomic E-state index is 13.2. The lowest BCUT2D eigenvalue weighted by atomic mass is 10.0. The topological polar surface area (TPSA) is 61.8 Å². The lowest BCUT2D eigenvalue weighted by molar-refractivity contribution is -0.134. The molecule has 1 aromatic heterocycles. The van der Waals surface area contributed by atoms with E-state index < -0.39 is 0 Å². The van der Waals surface area contributed by atoms with E-state index in [9.17, 15) is 14.0 Å². The molecule has 7 heteroatoms. The van der Waals surface area contributed by atoms with E-state index in [-0.39, 0.29) is 30.2 Å². The van der Waals surface area contributed by atoms with Crippen LogP contribution in [0.2, 0.25) is 0 Å². The number of nitrogens with zero attached hydrogens (tertiary/aromatic N) is 2. The zero-order valence-electron chi connectivity index (χ0n) is 13.0. The van der Waals surface area contributed by atoms with Crippen molar-refractivity contribution in [3.05, 3.63) is 58.0 Å². The number of nitrogens with one attached hydrogen (secondary N) is 1. The van der Waals surface area contributed by atoms with Crippen molar-refractivity contribution < 1.29 is 14.0 Å². The Morgan fingerprint density at radius 1 is 1.33 bits per heavy atom. The number of halogens is 1. The third-order valence-corrected chi connectivity index (χ3v) is 4.63. The van der Waals surface area contributed by atoms with Gasteiger partial charge in [-0.3, -0.25) is 9.59 Å². The fourth-order valence-electron chi connectivity index (χ4n) is 2.56. The standard InChI is InChI=1S/C17H16FN3O2S/c1-11(22)19-10-17(23)21-15(12-4-6-13(18)7-5-12)9-14(20-21)16-3-2-8-24-16/h2-8,15H,9-10H2,1H3,(H,19,22). The number of thiophene rings is 1. The van der Waals surface area contributed by atoms with Gasteiger partial charge in [0, 0.05) is 13.3 Å². The largest absolute Gasteiger partial charge is 0.347 e. The van der Waals surface area contributed by atoms with Crippen molar-refractivity contribution in [2.75, 3.05) is 6.54 Å². The van der Waals surface area contributed by atoms with Crippen LogP contribution in [0.15, 0.2) is 46.9 Å². The maximum Gasteiger partial charge on any atom is 0.262 e. The first-order valence-electron chi connectivity index (χ1n) is 7.48. The van der Waals surface area contributed by atoms with E-state index in [4.69, 9.17) is 0 Å². The van der Waals surface area contributed by atoms with E-state index in [0.717, 1.165) is 16.2 Å². The molecule has 2 aromatic rings. The number of hydrogen-bond acceptors (Lipinski definition) is 4.